The minimum atomic E-state index is -0.0736. The molecule has 3 rings (SSSR count). The van der Waals surface area contributed by atoms with Crippen molar-refractivity contribution in [3.8, 4) is 0 Å². The van der Waals surface area contributed by atoms with Gasteiger partial charge in [-0.2, -0.15) is 0 Å². The molecule has 1 unspecified atom stereocenters. The van der Waals surface area contributed by atoms with Crippen LogP contribution < -0.4 is 4.90 Å². The van der Waals surface area contributed by atoms with Gasteiger partial charge in [-0.3, -0.25) is 4.79 Å². The Kier molecular flexibility index (Phi) is 4.07. The maximum absolute atomic E-state index is 12.4. The summed E-state index contributed by atoms with van der Waals surface area (Å²) in [5.41, 5.74) is -0.0736. The van der Waals surface area contributed by atoms with Crippen LogP contribution in [0, 0.1) is 8.99 Å². The van der Waals surface area contributed by atoms with Crippen molar-refractivity contribution in [2.75, 3.05) is 24.5 Å². The largest absolute Gasteiger partial charge is 0.350 e. The van der Waals surface area contributed by atoms with E-state index in [0.29, 0.717) is 10.9 Å². The highest BCUT2D eigenvalue weighted by Crippen LogP contribution is 2.46. The summed E-state index contributed by atoms with van der Waals surface area (Å²) in [6.45, 7) is 6.61. The molecule has 0 N–H and O–H groups in total. The number of halogens is 2. The normalized spacial score (nSPS) is 24.1. The van der Waals surface area contributed by atoms with E-state index in [0.717, 1.165) is 41.9 Å². The van der Waals surface area contributed by atoms with Gasteiger partial charge in [0, 0.05) is 40.9 Å². The van der Waals surface area contributed by atoms with Crippen molar-refractivity contribution in [1.82, 2.24) is 9.88 Å². The third-order valence-electron chi connectivity index (χ3n) is 4.52. The summed E-state index contributed by atoms with van der Waals surface area (Å²) in [5, 5.41) is 0.683. The quantitative estimate of drug-likeness (QED) is 0.691. The predicted molar refractivity (Wildman–Crippen MR) is 92.7 cm³/mol. The van der Waals surface area contributed by atoms with Crippen LogP contribution in [-0.2, 0) is 4.79 Å². The van der Waals surface area contributed by atoms with Crippen LogP contribution in [0.25, 0.3) is 0 Å². The van der Waals surface area contributed by atoms with Crippen molar-refractivity contribution < 1.29 is 4.79 Å². The van der Waals surface area contributed by atoms with Crippen LogP contribution in [0.1, 0.15) is 26.7 Å². The van der Waals surface area contributed by atoms with E-state index in [1.54, 1.807) is 6.20 Å². The monoisotopic (exact) mass is 419 g/mol. The summed E-state index contributed by atoms with van der Waals surface area (Å²) >= 11 is 8.26. The molecule has 0 aromatic carbocycles. The lowest BCUT2D eigenvalue weighted by atomic mass is 10.1. The third kappa shape index (κ3) is 2.99. The molecule has 0 radical (unpaired) electrons. The van der Waals surface area contributed by atoms with E-state index in [9.17, 15) is 4.79 Å². The Morgan fingerprint density at radius 1 is 1.48 bits per heavy atom. The van der Waals surface area contributed by atoms with Gasteiger partial charge in [0.05, 0.1) is 5.02 Å². The molecule has 1 amide bonds. The minimum absolute atomic E-state index is 0.0736. The highest BCUT2D eigenvalue weighted by atomic mass is 127. The number of anilines is 1. The van der Waals surface area contributed by atoms with Gasteiger partial charge in [-0.15, -0.1) is 0 Å². The topological polar surface area (TPSA) is 36.4 Å². The smallest absolute Gasteiger partial charge is 0.228 e. The Bertz CT molecular complexity index is 576. The van der Waals surface area contributed by atoms with Gasteiger partial charge in [0.2, 0.25) is 5.91 Å². The van der Waals surface area contributed by atoms with Crippen molar-refractivity contribution in [2.45, 2.75) is 32.7 Å². The first kappa shape index (κ1) is 15.3. The number of carbonyl (C=O) groups is 1. The molecule has 21 heavy (non-hydrogen) atoms. The molecule has 1 aliphatic heterocycles. The highest BCUT2D eigenvalue weighted by molar-refractivity contribution is 14.1. The molecule has 1 aromatic rings. The first-order valence-corrected chi connectivity index (χ1v) is 8.73. The van der Waals surface area contributed by atoms with E-state index < -0.39 is 0 Å². The molecular weight excluding hydrogens is 401 g/mol. The van der Waals surface area contributed by atoms with Crippen LogP contribution in [0.15, 0.2) is 12.3 Å². The van der Waals surface area contributed by atoms with E-state index in [4.69, 9.17) is 11.6 Å². The maximum atomic E-state index is 12.4. The lowest BCUT2D eigenvalue weighted by Crippen LogP contribution is -2.55. The van der Waals surface area contributed by atoms with Gasteiger partial charge in [0.15, 0.2) is 0 Å². The second-order valence-electron chi connectivity index (χ2n) is 6.31. The SMILES string of the molecule is CC1CN(C(=O)C2(C)CC2)CCN1c1cc(I)c(Cl)cn1. The van der Waals surface area contributed by atoms with Crippen molar-refractivity contribution in [1.29, 1.82) is 0 Å². The molecule has 1 atom stereocenters. The third-order valence-corrected chi connectivity index (χ3v) is 6.03. The summed E-state index contributed by atoms with van der Waals surface area (Å²) < 4.78 is 1.01. The van der Waals surface area contributed by atoms with E-state index in [-0.39, 0.29) is 11.5 Å². The standard InChI is InChI=1S/C15H19ClIN3O/c1-10-9-19(14(21)15(2)3-4-15)5-6-20(10)13-7-12(17)11(16)8-18-13/h7-8,10H,3-6,9H2,1-2H3. The second-order valence-corrected chi connectivity index (χ2v) is 7.88. The first-order chi connectivity index (χ1) is 9.90. The molecule has 1 aromatic heterocycles. The van der Waals surface area contributed by atoms with Crippen LogP contribution in [-0.4, -0.2) is 41.5 Å². The van der Waals surface area contributed by atoms with Crippen molar-refractivity contribution in [3.63, 3.8) is 0 Å². The van der Waals surface area contributed by atoms with Gasteiger partial charge in [0.1, 0.15) is 5.82 Å². The van der Waals surface area contributed by atoms with Crippen LogP contribution >= 0.6 is 34.2 Å². The molecule has 2 heterocycles. The summed E-state index contributed by atoms with van der Waals surface area (Å²) in [7, 11) is 0. The van der Waals surface area contributed by atoms with Gasteiger partial charge >= 0.3 is 0 Å². The van der Waals surface area contributed by atoms with E-state index in [2.05, 4.69) is 46.3 Å². The fourth-order valence-electron chi connectivity index (χ4n) is 2.83. The summed E-state index contributed by atoms with van der Waals surface area (Å²) in [6.07, 6.45) is 3.78. The maximum Gasteiger partial charge on any atom is 0.228 e. The van der Waals surface area contributed by atoms with Crippen molar-refractivity contribution in [3.05, 3.63) is 20.9 Å². The second kappa shape index (κ2) is 5.57. The first-order valence-electron chi connectivity index (χ1n) is 7.28. The van der Waals surface area contributed by atoms with Gasteiger partial charge in [0.25, 0.3) is 0 Å². The predicted octanol–water partition coefficient (Wildman–Crippen LogP) is 3.18. The number of hydrogen-bond donors (Lipinski definition) is 0. The Morgan fingerprint density at radius 3 is 2.76 bits per heavy atom. The van der Waals surface area contributed by atoms with Crippen LogP contribution in [0.5, 0.6) is 0 Å². The number of hydrogen-bond acceptors (Lipinski definition) is 3. The summed E-state index contributed by atoms with van der Waals surface area (Å²) in [6, 6.07) is 2.29. The molecule has 114 valence electrons. The average molecular weight is 420 g/mol. The number of pyridine rings is 1. The molecule has 2 fully saturated rings. The fraction of sp³-hybridized carbons (Fsp3) is 0.600. The van der Waals surface area contributed by atoms with E-state index in [1.807, 2.05) is 11.0 Å². The lowest BCUT2D eigenvalue weighted by molar-refractivity contribution is -0.137. The average Bonchev–Trinajstić information content (AvgIpc) is 3.20. The van der Waals surface area contributed by atoms with Crippen molar-refractivity contribution >= 4 is 45.9 Å². The number of aromatic nitrogens is 1. The minimum Gasteiger partial charge on any atom is -0.350 e. The van der Waals surface area contributed by atoms with E-state index in [1.165, 1.54) is 0 Å². The van der Waals surface area contributed by atoms with Gasteiger partial charge in [-0.25, -0.2) is 4.98 Å². The Hall–Kier alpha value is -0.560. The number of carbonyl (C=O) groups excluding carboxylic acids is 1. The highest BCUT2D eigenvalue weighted by Gasteiger charge is 2.47. The Balaban J connectivity index is 1.71. The molecule has 0 spiro atoms. The number of rotatable bonds is 2. The summed E-state index contributed by atoms with van der Waals surface area (Å²) in [4.78, 5) is 21.2. The lowest BCUT2D eigenvalue weighted by Gasteiger charge is -2.41. The van der Waals surface area contributed by atoms with Crippen LogP contribution in [0.4, 0.5) is 5.82 Å². The zero-order chi connectivity index (χ0) is 15.2. The number of amides is 1. The zero-order valence-electron chi connectivity index (χ0n) is 12.3. The molecule has 4 nitrogen and oxygen atoms in total. The molecule has 1 aliphatic carbocycles. The van der Waals surface area contributed by atoms with Crippen LogP contribution in [0.3, 0.4) is 0 Å². The molecule has 0 bridgehead atoms. The van der Waals surface area contributed by atoms with Gasteiger partial charge in [-0.05, 0) is 48.4 Å². The Morgan fingerprint density at radius 2 is 2.19 bits per heavy atom. The van der Waals surface area contributed by atoms with E-state index >= 15 is 0 Å². The van der Waals surface area contributed by atoms with Gasteiger partial charge in [-0.1, -0.05) is 18.5 Å². The number of piperazine rings is 1. The zero-order valence-corrected chi connectivity index (χ0v) is 15.2. The molecular formula is C15H19ClIN3O. The summed E-state index contributed by atoms with van der Waals surface area (Å²) in [5.74, 6) is 1.27. The number of nitrogens with zero attached hydrogens (tertiary/aromatic N) is 3. The fourth-order valence-corrected chi connectivity index (χ4v) is 3.35. The molecule has 6 heteroatoms. The van der Waals surface area contributed by atoms with Crippen molar-refractivity contribution in [2.24, 2.45) is 5.41 Å². The molecule has 2 aliphatic rings. The molecule has 1 saturated heterocycles. The van der Waals surface area contributed by atoms with Gasteiger partial charge < -0.3 is 9.80 Å². The molecule has 1 saturated carbocycles. The van der Waals surface area contributed by atoms with Crippen LogP contribution in [0.2, 0.25) is 5.02 Å². The Labute approximate surface area is 144 Å².